The highest BCUT2D eigenvalue weighted by Crippen LogP contribution is 2.12. The molecule has 0 radical (unpaired) electrons. The van der Waals surface area contributed by atoms with Crippen molar-refractivity contribution >= 4 is 11.6 Å². The summed E-state index contributed by atoms with van der Waals surface area (Å²) >= 11 is 0. The van der Waals surface area contributed by atoms with Crippen LogP contribution in [0.25, 0.3) is 0 Å². The minimum absolute atomic E-state index is 0.0729. The fraction of sp³-hybridized carbons (Fsp3) is 0.500. The number of rotatable bonds is 4. The van der Waals surface area contributed by atoms with Crippen molar-refractivity contribution in [2.24, 2.45) is 4.99 Å². The Morgan fingerprint density at radius 1 is 1.30 bits per heavy atom. The highest BCUT2D eigenvalue weighted by molar-refractivity contribution is 5.80. The molecule has 0 saturated carbocycles. The lowest BCUT2D eigenvalue weighted by Gasteiger charge is -2.23. The Morgan fingerprint density at radius 2 is 1.90 bits per heavy atom. The van der Waals surface area contributed by atoms with Crippen LogP contribution in [-0.4, -0.2) is 23.0 Å². The fourth-order valence-electron chi connectivity index (χ4n) is 1.56. The molecular weight excluding hydrogens is 256 g/mol. The molecule has 6 heteroatoms. The van der Waals surface area contributed by atoms with Crippen LogP contribution in [0.15, 0.2) is 29.3 Å². The van der Waals surface area contributed by atoms with E-state index in [1.165, 1.54) is 12.1 Å². The molecule has 0 spiro atoms. The summed E-state index contributed by atoms with van der Waals surface area (Å²) in [6, 6.07) is 6.44. The molecule has 0 aliphatic heterocycles. The fourth-order valence-corrected chi connectivity index (χ4v) is 1.56. The molecule has 110 valence electrons. The predicted octanol–water partition coefficient (Wildman–Crippen LogP) is 2.45. The molecule has 1 aromatic rings. The zero-order chi connectivity index (χ0) is 15.2. The summed E-state index contributed by atoms with van der Waals surface area (Å²) in [6.45, 7) is 9.44. The summed E-state index contributed by atoms with van der Waals surface area (Å²) in [4.78, 5) is 14.6. The summed E-state index contributed by atoms with van der Waals surface area (Å²) in [5, 5.41) is 17.0. The van der Waals surface area contributed by atoms with Gasteiger partial charge in [-0.3, -0.25) is 10.1 Å². The van der Waals surface area contributed by atoms with Crippen molar-refractivity contribution in [1.29, 1.82) is 0 Å². The van der Waals surface area contributed by atoms with Gasteiger partial charge in [-0.1, -0.05) is 12.1 Å². The zero-order valence-corrected chi connectivity index (χ0v) is 12.4. The van der Waals surface area contributed by atoms with Gasteiger partial charge in [-0.05, 0) is 33.3 Å². The van der Waals surface area contributed by atoms with Crippen LogP contribution in [0, 0.1) is 10.1 Å². The van der Waals surface area contributed by atoms with Crippen molar-refractivity contribution in [3.8, 4) is 0 Å². The molecule has 0 amide bonds. The Balaban J connectivity index is 2.73. The molecular formula is C14H22N4O2. The van der Waals surface area contributed by atoms with Gasteiger partial charge < -0.3 is 10.6 Å². The third kappa shape index (κ3) is 5.69. The molecule has 1 aromatic carbocycles. The van der Waals surface area contributed by atoms with Gasteiger partial charge in [-0.2, -0.15) is 0 Å². The lowest BCUT2D eigenvalue weighted by Crippen LogP contribution is -2.47. The number of nitrogens with one attached hydrogen (secondary N) is 2. The molecule has 6 nitrogen and oxygen atoms in total. The third-order valence-electron chi connectivity index (χ3n) is 2.40. The van der Waals surface area contributed by atoms with Gasteiger partial charge in [0.25, 0.3) is 5.69 Å². The SMILES string of the molecule is CCNC(=NCc1ccc([N+](=O)[O-])cc1)NC(C)(C)C. The van der Waals surface area contributed by atoms with Gasteiger partial charge in [0.15, 0.2) is 5.96 Å². The van der Waals surface area contributed by atoms with Crippen LogP contribution in [0.4, 0.5) is 5.69 Å². The second-order valence-electron chi connectivity index (χ2n) is 5.49. The van der Waals surface area contributed by atoms with E-state index in [1.807, 2.05) is 6.92 Å². The largest absolute Gasteiger partial charge is 0.357 e. The molecule has 2 N–H and O–H groups in total. The molecule has 0 fully saturated rings. The lowest BCUT2D eigenvalue weighted by atomic mass is 10.1. The Labute approximate surface area is 119 Å². The number of hydrogen-bond donors (Lipinski definition) is 2. The third-order valence-corrected chi connectivity index (χ3v) is 2.40. The first-order chi connectivity index (χ1) is 9.31. The van der Waals surface area contributed by atoms with Crippen LogP contribution in [0.5, 0.6) is 0 Å². The van der Waals surface area contributed by atoms with Gasteiger partial charge in [0.2, 0.25) is 0 Å². The van der Waals surface area contributed by atoms with Gasteiger partial charge in [0, 0.05) is 24.2 Å². The van der Waals surface area contributed by atoms with Crippen molar-refractivity contribution in [3.63, 3.8) is 0 Å². The predicted molar refractivity (Wildman–Crippen MR) is 80.8 cm³/mol. The molecule has 0 aliphatic rings. The van der Waals surface area contributed by atoms with Crippen molar-refractivity contribution < 1.29 is 4.92 Å². The maximum absolute atomic E-state index is 10.6. The average Bonchev–Trinajstić information content (AvgIpc) is 2.35. The van der Waals surface area contributed by atoms with Crippen LogP contribution in [-0.2, 0) is 6.54 Å². The van der Waals surface area contributed by atoms with Crippen LogP contribution < -0.4 is 10.6 Å². The Hall–Kier alpha value is -2.11. The summed E-state index contributed by atoms with van der Waals surface area (Å²) in [5.74, 6) is 0.735. The smallest absolute Gasteiger partial charge is 0.269 e. The number of nitrogens with zero attached hydrogens (tertiary/aromatic N) is 2. The van der Waals surface area contributed by atoms with E-state index in [2.05, 4.69) is 36.4 Å². The second kappa shape index (κ2) is 6.88. The van der Waals surface area contributed by atoms with E-state index in [4.69, 9.17) is 0 Å². The van der Waals surface area contributed by atoms with E-state index < -0.39 is 4.92 Å². The molecule has 0 saturated heterocycles. The standard InChI is InChI=1S/C14H22N4O2/c1-5-15-13(17-14(2,3)4)16-10-11-6-8-12(9-7-11)18(19)20/h6-9H,5,10H2,1-4H3,(H2,15,16,17). The van der Waals surface area contributed by atoms with Crippen LogP contribution >= 0.6 is 0 Å². The first-order valence-electron chi connectivity index (χ1n) is 6.61. The quantitative estimate of drug-likeness (QED) is 0.384. The molecule has 0 bridgehead atoms. The molecule has 0 unspecified atom stereocenters. The van der Waals surface area contributed by atoms with E-state index in [-0.39, 0.29) is 11.2 Å². The number of nitro groups is 1. The van der Waals surface area contributed by atoms with E-state index in [0.29, 0.717) is 6.54 Å². The number of hydrogen-bond acceptors (Lipinski definition) is 3. The monoisotopic (exact) mass is 278 g/mol. The molecule has 0 heterocycles. The molecule has 0 aromatic heterocycles. The maximum Gasteiger partial charge on any atom is 0.269 e. The average molecular weight is 278 g/mol. The normalized spacial score (nSPS) is 12.1. The highest BCUT2D eigenvalue weighted by Gasteiger charge is 2.11. The Morgan fingerprint density at radius 3 is 2.35 bits per heavy atom. The molecule has 1 rings (SSSR count). The van der Waals surface area contributed by atoms with Gasteiger partial charge in [0.05, 0.1) is 11.5 Å². The van der Waals surface area contributed by atoms with Gasteiger partial charge in [-0.15, -0.1) is 0 Å². The summed E-state index contributed by atoms with van der Waals surface area (Å²) in [6.07, 6.45) is 0. The van der Waals surface area contributed by atoms with Crippen molar-refractivity contribution in [2.45, 2.75) is 39.8 Å². The molecule has 0 aliphatic carbocycles. The molecule has 0 atom stereocenters. The van der Waals surface area contributed by atoms with E-state index in [0.717, 1.165) is 18.1 Å². The van der Waals surface area contributed by atoms with Crippen molar-refractivity contribution in [2.75, 3.05) is 6.54 Å². The lowest BCUT2D eigenvalue weighted by molar-refractivity contribution is -0.384. The maximum atomic E-state index is 10.6. The number of aliphatic imine (C=N–C) groups is 1. The topological polar surface area (TPSA) is 79.6 Å². The first kappa shape index (κ1) is 15.9. The van der Waals surface area contributed by atoms with E-state index >= 15 is 0 Å². The van der Waals surface area contributed by atoms with E-state index in [9.17, 15) is 10.1 Å². The summed E-state index contributed by atoms with van der Waals surface area (Å²) in [5.41, 5.74) is 0.954. The van der Waals surface area contributed by atoms with Gasteiger partial charge >= 0.3 is 0 Å². The van der Waals surface area contributed by atoms with Crippen molar-refractivity contribution in [1.82, 2.24) is 10.6 Å². The number of nitro benzene ring substituents is 1. The minimum Gasteiger partial charge on any atom is -0.357 e. The van der Waals surface area contributed by atoms with Crippen molar-refractivity contribution in [3.05, 3.63) is 39.9 Å². The number of benzene rings is 1. The molecule has 20 heavy (non-hydrogen) atoms. The Bertz CT molecular complexity index is 475. The summed E-state index contributed by atoms with van der Waals surface area (Å²) < 4.78 is 0. The number of non-ortho nitro benzene ring substituents is 1. The highest BCUT2D eigenvalue weighted by atomic mass is 16.6. The Kier molecular flexibility index (Phi) is 5.49. The minimum atomic E-state index is -0.404. The first-order valence-corrected chi connectivity index (χ1v) is 6.61. The number of guanidine groups is 1. The van der Waals surface area contributed by atoms with E-state index in [1.54, 1.807) is 12.1 Å². The van der Waals surface area contributed by atoms with Crippen LogP contribution in [0.3, 0.4) is 0 Å². The second-order valence-corrected chi connectivity index (χ2v) is 5.49. The zero-order valence-electron chi connectivity index (χ0n) is 12.4. The van der Waals surface area contributed by atoms with Gasteiger partial charge in [-0.25, -0.2) is 4.99 Å². The van der Waals surface area contributed by atoms with Crippen LogP contribution in [0.1, 0.15) is 33.3 Å². The van der Waals surface area contributed by atoms with Gasteiger partial charge in [0.1, 0.15) is 0 Å². The van der Waals surface area contributed by atoms with Crippen LogP contribution in [0.2, 0.25) is 0 Å². The summed E-state index contributed by atoms with van der Waals surface area (Å²) in [7, 11) is 0.